The van der Waals surface area contributed by atoms with Gasteiger partial charge in [0.25, 0.3) is 0 Å². The highest BCUT2D eigenvalue weighted by atomic mass is 16.5. The maximum Gasteiger partial charge on any atom is 0.122 e. The van der Waals surface area contributed by atoms with E-state index in [9.17, 15) is 0 Å². The van der Waals surface area contributed by atoms with E-state index in [1.165, 1.54) is 11.1 Å². The van der Waals surface area contributed by atoms with Gasteiger partial charge in [-0.25, -0.2) is 0 Å². The molecular weight excluding hydrogens is 174 g/mol. The molecular formula is C12H19NO. The van der Waals surface area contributed by atoms with Crippen LogP contribution < -0.4 is 10.5 Å². The molecule has 1 rings (SSSR count). The second kappa shape index (κ2) is 5.01. The summed E-state index contributed by atoms with van der Waals surface area (Å²) in [4.78, 5) is 0. The lowest BCUT2D eigenvalue weighted by atomic mass is 10.0. The molecule has 0 aliphatic carbocycles. The predicted molar refractivity (Wildman–Crippen MR) is 59.7 cm³/mol. The summed E-state index contributed by atoms with van der Waals surface area (Å²) in [5.74, 6) is 0.973. The van der Waals surface area contributed by atoms with E-state index in [1.54, 1.807) is 7.11 Å². The van der Waals surface area contributed by atoms with Gasteiger partial charge < -0.3 is 10.5 Å². The first-order valence-corrected chi connectivity index (χ1v) is 5.08. The molecule has 0 radical (unpaired) electrons. The molecule has 1 aromatic carbocycles. The van der Waals surface area contributed by atoms with Crippen molar-refractivity contribution in [3.63, 3.8) is 0 Å². The summed E-state index contributed by atoms with van der Waals surface area (Å²) in [6.07, 6.45) is 1.92. The number of nitrogens with two attached hydrogens (primary N) is 1. The summed E-state index contributed by atoms with van der Waals surface area (Å²) in [6.45, 7) is 4.16. The number of benzene rings is 1. The van der Waals surface area contributed by atoms with Crippen LogP contribution in [-0.4, -0.2) is 13.2 Å². The minimum atomic E-state index is 0.216. The van der Waals surface area contributed by atoms with Gasteiger partial charge in [0.1, 0.15) is 5.75 Å². The van der Waals surface area contributed by atoms with Gasteiger partial charge in [-0.1, -0.05) is 19.1 Å². The number of aryl methyl sites for hydroxylation is 1. The fourth-order valence-corrected chi connectivity index (χ4v) is 1.61. The first-order valence-electron chi connectivity index (χ1n) is 5.08. The highest BCUT2D eigenvalue weighted by Crippen LogP contribution is 2.20. The van der Waals surface area contributed by atoms with E-state index in [1.807, 2.05) is 13.0 Å². The third kappa shape index (κ3) is 2.74. The molecule has 1 atom stereocenters. The van der Waals surface area contributed by atoms with Crippen molar-refractivity contribution in [2.45, 2.75) is 32.7 Å². The number of hydrogen-bond acceptors (Lipinski definition) is 2. The van der Waals surface area contributed by atoms with Gasteiger partial charge in [-0.2, -0.15) is 0 Å². The van der Waals surface area contributed by atoms with Gasteiger partial charge in [0.15, 0.2) is 0 Å². The van der Waals surface area contributed by atoms with E-state index in [-0.39, 0.29) is 6.04 Å². The largest absolute Gasteiger partial charge is 0.496 e. The SMILES string of the molecule is CCc1cc(CC(C)N)ccc1OC. The Morgan fingerprint density at radius 3 is 2.64 bits per heavy atom. The summed E-state index contributed by atoms with van der Waals surface area (Å²) in [5.41, 5.74) is 8.30. The highest BCUT2D eigenvalue weighted by Gasteiger charge is 2.03. The Morgan fingerprint density at radius 1 is 1.43 bits per heavy atom. The molecule has 2 N–H and O–H groups in total. The van der Waals surface area contributed by atoms with E-state index >= 15 is 0 Å². The fraction of sp³-hybridized carbons (Fsp3) is 0.500. The molecule has 2 heteroatoms. The molecule has 0 aliphatic rings. The zero-order chi connectivity index (χ0) is 10.6. The molecule has 0 saturated carbocycles. The normalized spacial score (nSPS) is 12.6. The molecule has 0 heterocycles. The van der Waals surface area contributed by atoms with Crippen molar-refractivity contribution in [3.8, 4) is 5.75 Å². The first kappa shape index (κ1) is 11.1. The van der Waals surface area contributed by atoms with Crippen molar-refractivity contribution in [2.75, 3.05) is 7.11 Å². The monoisotopic (exact) mass is 193 g/mol. The van der Waals surface area contributed by atoms with Gasteiger partial charge in [-0.3, -0.25) is 0 Å². The highest BCUT2D eigenvalue weighted by molar-refractivity contribution is 5.37. The molecule has 1 aromatic rings. The molecule has 2 nitrogen and oxygen atoms in total. The van der Waals surface area contributed by atoms with Crippen LogP contribution in [0, 0.1) is 0 Å². The van der Waals surface area contributed by atoms with Gasteiger partial charge >= 0.3 is 0 Å². The molecule has 0 aromatic heterocycles. The van der Waals surface area contributed by atoms with Crippen LogP contribution in [0.15, 0.2) is 18.2 Å². The molecule has 0 saturated heterocycles. The molecule has 78 valence electrons. The Balaban J connectivity index is 2.89. The van der Waals surface area contributed by atoms with Crippen LogP contribution in [0.2, 0.25) is 0 Å². The smallest absolute Gasteiger partial charge is 0.122 e. The van der Waals surface area contributed by atoms with Gasteiger partial charge in [0.05, 0.1) is 7.11 Å². The second-order valence-electron chi connectivity index (χ2n) is 3.68. The van der Waals surface area contributed by atoms with Crippen molar-refractivity contribution >= 4 is 0 Å². The minimum absolute atomic E-state index is 0.216. The van der Waals surface area contributed by atoms with E-state index < -0.39 is 0 Å². The van der Waals surface area contributed by atoms with Crippen LogP contribution in [0.1, 0.15) is 25.0 Å². The minimum Gasteiger partial charge on any atom is -0.496 e. The van der Waals surface area contributed by atoms with Crippen LogP contribution >= 0.6 is 0 Å². The Morgan fingerprint density at radius 2 is 2.14 bits per heavy atom. The van der Waals surface area contributed by atoms with Crippen molar-refractivity contribution in [1.29, 1.82) is 0 Å². The van der Waals surface area contributed by atoms with Crippen LogP contribution in [0.3, 0.4) is 0 Å². The molecule has 0 aliphatic heterocycles. The number of ether oxygens (including phenoxy) is 1. The Hall–Kier alpha value is -1.02. The summed E-state index contributed by atoms with van der Waals surface area (Å²) in [6, 6.07) is 6.51. The average Bonchev–Trinajstić information content (AvgIpc) is 2.16. The van der Waals surface area contributed by atoms with Gasteiger partial charge in [-0.05, 0) is 37.0 Å². The predicted octanol–water partition coefficient (Wildman–Crippen LogP) is 2.15. The van der Waals surface area contributed by atoms with Crippen LogP contribution in [0.4, 0.5) is 0 Å². The Kier molecular flexibility index (Phi) is 3.96. The quantitative estimate of drug-likeness (QED) is 0.795. The lowest BCUT2D eigenvalue weighted by Crippen LogP contribution is -2.17. The second-order valence-corrected chi connectivity index (χ2v) is 3.68. The number of methoxy groups -OCH3 is 1. The number of hydrogen-bond donors (Lipinski definition) is 1. The first-order chi connectivity index (χ1) is 6.67. The van der Waals surface area contributed by atoms with Gasteiger partial charge in [0, 0.05) is 6.04 Å². The van der Waals surface area contributed by atoms with Crippen molar-refractivity contribution in [1.82, 2.24) is 0 Å². The van der Waals surface area contributed by atoms with Gasteiger partial charge in [0.2, 0.25) is 0 Å². The summed E-state index contributed by atoms with van der Waals surface area (Å²) >= 11 is 0. The molecule has 0 fully saturated rings. The van der Waals surface area contributed by atoms with Gasteiger partial charge in [-0.15, -0.1) is 0 Å². The third-order valence-corrected chi connectivity index (χ3v) is 2.28. The van der Waals surface area contributed by atoms with E-state index in [0.29, 0.717) is 0 Å². The van der Waals surface area contributed by atoms with Crippen molar-refractivity contribution in [3.05, 3.63) is 29.3 Å². The Labute approximate surface area is 86.1 Å². The third-order valence-electron chi connectivity index (χ3n) is 2.28. The topological polar surface area (TPSA) is 35.2 Å². The number of rotatable bonds is 4. The zero-order valence-electron chi connectivity index (χ0n) is 9.21. The van der Waals surface area contributed by atoms with Crippen molar-refractivity contribution < 1.29 is 4.74 Å². The molecule has 0 bridgehead atoms. The van der Waals surface area contributed by atoms with Crippen LogP contribution in [-0.2, 0) is 12.8 Å². The molecule has 0 spiro atoms. The summed E-state index contributed by atoms with van der Waals surface area (Å²) in [7, 11) is 1.71. The van der Waals surface area contributed by atoms with Crippen molar-refractivity contribution in [2.24, 2.45) is 5.73 Å². The lowest BCUT2D eigenvalue weighted by Gasteiger charge is -2.10. The van der Waals surface area contributed by atoms with E-state index in [2.05, 4.69) is 19.1 Å². The molecule has 14 heavy (non-hydrogen) atoms. The Bertz CT molecular complexity index is 294. The molecule has 0 amide bonds. The lowest BCUT2D eigenvalue weighted by molar-refractivity contribution is 0.410. The maximum absolute atomic E-state index is 5.76. The summed E-state index contributed by atoms with van der Waals surface area (Å²) in [5, 5.41) is 0. The zero-order valence-corrected chi connectivity index (χ0v) is 9.21. The van der Waals surface area contributed by atoms with Crippen LogP contribution in [0.25, 0.3) is 0 Å². The van der Waals surface area contributed by atoms with E-state index in [4.69, 9.17) is 10.5 Å². The maximum atomic E-state index is 5.76. The van der Waals surface area contributed by atoms with Crippen LogP contribution in [0.5, 0.6) is 5.75 Å². The standard InChI is InChI=1S/C12H19NO/c1-4-11-8-10(7-9(2)13)5-6-12(11)14-3/h5-6,8-9H,4,7,13H2,1-3H3. The fourth-order valence-electron chi connectivity index (χ4n) is 1.61. The summed E-state index contributed by atoms with van der Waals surface area (Å²) < 4.78 is 5.26. The average molecular weight is 193 g/mol. The molecule has 1 unspecified atom stereocenters. The van der Waals surface area contributed by atoms with E-state index in [0.717, 1.165) is 18.6 Å².